The van der Waals surface area contributed by atoms with Crippen LogP contribution in [-0.4, -0.2) is 4.98 Å². The van der Waals surface area contributed by atoms with Gasteiger partial charge in [-0.15, -0.1) is 11.3 Å². The van der Waals surface area contributed by atoms with Gasteiger partial charge in [0.25, 0.3) is 0 Å². The first-order valence-electron chi connectivity index (χ1n) is 4.91. The van der Waals surface area contributed by atoms with Crippen molar-refractivity contribution in [2.75, 3.05) is 0 Å². The number of nitrogens with two attached hydrogens (primary N) is 1. The minimum atomic E-state index is -0.101. The van der Waals surface area contributed by atoms with E-state index in [0.717, 1.165) is 16.3 Å². The minimum Gasteiger partial charge on any atom is -0.319 e. The third kappa shape index (κ3) is 2.08. The SMILES string of the molecule is Cc1nc(C(N)c2ccccc2C)cs1. The highest BCUT2D eigenvalue weighted by Crippen LogP contribution is 2.23. The molecule has 0 amide bonds. The molecule has 15 heavy (non-hydrogen) atoms. The van der Waals surface area contributed by atoms with E-state index in [4.69, 9.17) is 5.73 Å². The number of hydrogen-bond donors (Lipinski definition) is 1. The summed E-state index contributed by atoms with van der Waals surface area (Å²) in [6.45, 7) is 4.08. The van der Waals surface area contributed by atoms with Crippen molar-refractivity contribution in [3.05, 3.63) is 51.5 Å². The van der Waals surface area contributed by atoms with Crippen LogP contribution in [0.3, 0.4) is 0 Å². The number of hydrogen-bond acceptors (Lipinski definition) is 3. The first-order valence-corrected chi connectivity index (χ1v) is 5.79. The zero-order valence-electron chi connectivity index (χ0n) is 8.90. The van der Waals surface area contributed by atoms with Crippen LogP contribution in [0.2, 0.25) is 0 Å². The van der Waals surface area contributed by atoms with Crippen molar-refractivity contribution in [2.45, 2.75) is 19.9 Å². The Morgan fingerprint density at radius 2 is 2.00 bits per heavy atom. The highest BCUT2D eigenvalue weighted by Gasteiger charge is 2.13. The molecule has 0 spiro atoms. The van der Waals surface area contributed by atoms with E-state index in [-0.39, 0.29) is 6.04 Å². The van der Waals surface area contributed by atoms with Gasteiger partial charge in [0.15, 0.2) is 0 Å². The van der Waals surface area contributed by atoms with Crippen molar-refractivity contribution in [1.82, 2.24) is 4.98 Å². The fraction of sp³-hybridized carbons (Fsp3) is 0.250. The van der Waals surface area contributed by atoms with E-state index in [9.17, 15) is 0 Å². The van der Waals surface area contributed by atoms with Gasteiger partial charge in [-0.3, -0.25) is 0 Å². The van der Waals surface area contributed by atoms with Gasteiger partial charge in [-0.1, -0.05) is 24.3 Å². The zero-order chi connectivity index (χ0) is 10.8. The Morgan fingerprint density at radius 1 is 1.27 bits per heavy atom. The van der Waals surface area contributed by atoms with E-state index < -0.39 is 0 Å². The standard InChI is InChI=1S/C12H14N2S/c1-8-5-3-4-6-10(8)12(13)11-7-15-9(2)14-11/h3-7,12H,13H2,1-2H3. The molecule has 0 aliphatic carbocycles. The normalized spacial score (nSPS) is 12.7. The second kappa shape index (κ2) is 4.13. The average Bonchev–Trinajstić information content (AvgIpc) is 2.65. The molecule has 0 bridgehead atoms. The number of aromatic nitrogens is 1. The van der Waals surface area contributed by atoms with Crippen molar-refractivity contribution in [1.29, 1.82) is 0 Å². The molecule has 2 N–H and O–H groups in total. The van der Waals surface area contributed by atoms with E-state index >= 15 is 0 Å². The molecule has 1 aromatic heterocycles. The van der Waals surface area contributed by atoms with Crippen molar-refractivity contribution in [3.63, 3.8) is 0 Å². The second-order valence-electron chi connectivity index (χ2n) is 3.63. The number of benzene rings is 1. The molecule has 0 saturated carbocycles. The molecule has 1 unspecified atom stereocenters. The van der Waals surface area contributed by atoms with Gasteiger partial charge in [0.05, 0.1) is 16.7 Å². The summed E-state index contributed by atoms with van der Waals surface area (Å²) < 4.78 is 0. The summed E-state index contributed by atoms with van der Waals surface area (Å²) >= 11 is 1.64. The molecule has 1 atom stereocenters. The molecule has 2 rings (SSSR count). The topological polar surface area (TPSA) is 38.9 Å². The summed E-state index contributed by atoms with van der Waals surface area (Å²) in [5.41, 5.74) is 9.51. The fourth-order valence-corrected chi connectivity index (χ4v) is 2.27. The summed E-state index contributed by atoms with van der Waals surface area (Å²) in [6.07, 6.45) is 0. The molecule has 3 heteroatoms. The van der Waals surface area contributed by atoms with Gasteiger partial charge in [-0.05, 0) is 25.0 Å². The lowest BCUT2D eigenvalue weighted by Gasteiger charge is -2.11. The van der Waals surface area contributed by atoms with Crippen LogP contribution in [0.15, 0.2) is 29.6 Å². The highest BCUT2D eigenvalue weighted by molar-refractivity contribution is 7.09. The third-order valence-electron chi connectivity index (χ3n) is 2.48. The maximum Gasteiger partial charge on any atom is 0.0898 e. The van der Waals surface area contributed by atoms with Crippen LogP contribution >= 0.6 is 11.3 Å². The molecule has 0 aliphatic rings. The molecule has 2 aromatic rings. The van der Waals surface area contributed by atoms with E-state index in [2.05, 4.69) is 24.0 Å². The summed E-state index contributed by atoms with van der Waals surface area (Å²) in [7, 11) is 0. The van der Waals surface area contributed by atoms with Crippen LogP contribution in [0.4, 0.5) is 0 Å². The Balaban J connectivity index is 2.36. The smallest absolute Gasteiger partial charge is 0.0898 e. The molecule has 78 valence electrons. The molecular weight excluding hydrogens is 204 g/mol. The minimum absolute atomic E-state index is 0.101. The van der Waals surface area contributed by atoms with Gasteiger partial charge in [0.1, 0.15) is 0 Å². The first kappa shape index (κ1) is 10.3. The summed E-state index contributed by atoms with van der Waals surface area (Å²) in [4.78, 5) is 4.42. The Bertz CT molecular complexity index is 462. The average molecular weight is 218 g/mol. The predicted octanol–water partition coefficient (Wildman–Crippen LogP) is 2.81. The lowest BCUT2D eigenvalue weighted by Crippen LogP contribution is -2.13. The summed E-state index contributed by atoms with van der Waals surface area (Å²) in [5.74, 6) is 0. The fourth-order valence-electron chi connectivity index (χ4n) is 1.62. The van der Waals surface area contributed by atoms with E-state index in [1.54, 1.807) is 11.3 Å². The number of rotatable bonds is 2. The van der Waals surface area contributed by atoms with Crippen molar-refractivity contribution < 1.29 is 0 Å². The van der Waals surface area contributed by atoms with Gasteiger partial charge in [-0.25, -0.2) is 4.98 Å². The van der Waals surface area contributed by atoms with Crippen molar-refractivity contribution >= 4 is 11.3 Å². The van der Waals surface area contributed by atoms with Crippen molar-refractivity contribution in [3.8, 4) is 0 Å². The van der Waals surface area contributed by atoms with Crippen molar-refractivity contribution in [2.24, 2.45) is 5.73 Å². The summed E-state index contributed by atoms with van der Waals surface area (Å²) in [5, 5.41) is 3.10. The molecular formula is C12H14N2S. The van der Waals surface area contributed by atoms with Crippen LogP contribution in [-0.2, 0) is 0 Å². The zero-order valence-corrected chi connectivity index (χ0v) is 9.71. The number of nitrogens with zero attached hydrogens (tertiary/aromatic N) is 1. The van der Waals surface area contributed by atoms with Gasteiger partial charge in [-0.2, -0.15) is 0 Å². The van der Waals surface area contributed by atoms with E-state index in [0.29, 0.717) is 0 Å². The molecule has 0 saturated heterocycles. The van der Waals surface area contributed by atoms with E-state index in [1.165, 1.54) is 5.56 Å². The third-order valence-corrected chi connectivity index (χ3v) is 3.27. The Kier molecular flexibility index (Phi) is 2.84. The Hall–Kier alpha value is -1.19. The van der Waals surface area contributed by atoms with Gasteiger partial charge in [0.2, 0.25) is 0 Å². The van der Waals surface area contributed by atoms with Crippen LogP contribution in [0.1, 0.15) is 27.9 Å². The molecule has 0 radical (unpaired) electrons. The largest absolute Gasteiger partial charge is 0.319 e. The van der Waals surface area contributed by atoms with Gasteiger partial charge >= 0.3 is 0 Å². The Morgan fingerprint density at radius 3 is 2.60 bits per heavy atom. The molecule has 2 nitrogen and oxygen atoms in total. The maximum absolute atomic E-state index is 6.17. The predicted molar refractivity (Wildman–Crippen MR) is 64.1 cm³/mol. The van der Waals surface area contributed by atoms with Gasteiger partial charge < -0.3 is 5.73 Å². The molecule has 1 aromatic carbocycles. The number of thiazole rings is 1. The Labute approximate surface area is 93.8 Å². The molecule has 1 heterocycles. The van der Waals surface area contributed by atoms with E-state index in [1.807, 2.05) is 24.4 Å². The lowest BCUT2D eigenvalue weighted by atomic mass is 10.0. The second-order valence-corrected chi connectivity index (χ2v) is 4.69. The van der Waals surface area contributed by atoms with Gasteiger partial charge in [0, 0.05) is 5.38 Å². The molecule has 0 fully saturated rings. The highest BCUT2D eigenvalue weighted by atomic mass is 32.1. The van der Waals surface area contributed by atoms with Crippen LogP contribution < -0.4 is 5.73 Å². The maximum atomic E-state index is 6.17. The van der Waals surface area contributed by atoms with Crippen LogP contribution in [0.5, 0.6) is 0 Å². The monoisotopic (exact) mass is 218 g/mol. The number of aryl methyl sites for hydroxylation is 2. The quantitative estimate of drug-likeness (QED) is 0.841. The van der Waals surface area contributed by atoms with Crippen LogP contribution in [0, 0.1) is 13.8 Å². The summed E-state index contributed by atoms with van der Waals surface area (Å²) in [6, 6.07) is 8.08. The molecule has 0 aliphatic heterocycles. The van der Waals surface area contributed by atoms with Crippen LogP contribution in [0.25, 0.3) is 0 Å². The first-order chi connectivity index (χ1) is 7.18. The lowest BCUT2D eigenvalue weighted by molar-refractivity contribution is 0.827.